The smallest absolute Gasteiger partial charge is 0.276 e. The largest absolute Gasteiger partial charge is 0.281 e. The van der Waals surface area contributed by atoms with Crippen LogP contribution in [0.1, 0.15) is 28.2 Å². The van der Waals surface area contributed by atoms with E-state index in [0.717, 1.165) is 0 Å². The molecule has 0 atom stereocenters. The third-order valence-corrected chi connectivity index (χ3v) is 2.68. The zero-order chi connectivity index (χ0) is 10.9. The highest BCUT2D eigenvalue weighted by Crippen LogP contribution is 2.24. The number of halogens is 4. The van der Waals surface area contributed by atoms with E-state index < -0.39 is 11.7 Å². The molecule has 76 valence electrons. The van der Waals surface area contributed by atoms with E-state index in [1.165, 1.54) is 13.0 Å². The van der Waals surface area contributed by atoms with Crippen LogP contribution >= 0.6 is 34.2 Å². The van der Waals surface area contributed by atoms with Crippen LogP contribution in [0.15, 0.2) is 6.07 Å². The number of aryl methyl sites for hydroxylation is 1. The van der Waals surface area contributed by atoms with Crippen LogP contribution in [-0.2, 0) is 0 Å². The molecule has 0 N–H and O–H groups in total. The minimum absolute atomic E-state index is 0.167. The molecule has 1 rings (SSSR count). The van der Waals surface area contributed by atoms with Crippen LogP contribution in [0.5, 0.6) is 0 Å². The van der Waals surface area contributed by atoms with Gasteiger partial charge in [0.25, 0.3) is 11.7 Å². The Morgan fingerprint density at radius 2 is 2.21 bits per heavy atom. The molecule has 0 unspecified atom stereocenters. The molecular weight excluding hydrogens is 326 g/mol. The van der Waals surface area contributed by atoms with Crippen LogP contribution in [0.4, 0.5) is 8.78 Å². The van der Waals surface area contributed by atoms with Crippen molar-refractivity contribution in [1.82, 2.24) is 4.98 Å². The first-order chi connectivity index (χ1) is 6.43. The molecule has 0 aliphatic carbocycles. The maximum atomic E-state index is 12.4. The van der Waals surface area contributed by atoms with Crippen LogP contribution in [0.25, 0.3) is 0 Å². The first kappa shape index (κ1) is 11.8. The van der Waals surface area contributed by atoms with Gasteiger partial charge in [-0.15, -0.1) is 0 Å². The average Bonchev–Trinajstić information content (AvgIpc) is 2.07. The Labute approximate surface area is 97.8 Å². The molecule has 0 saturated carbocycles. The lowest BCUT2D eigenvalue weighted by atomic mass is 10.2. The summed E-state index contributed by atoms with van der Waals surface area (Å²) in [5.74, 6) is 0. The number of hydrogen-bond acceptors (Lipinski definition) is 2. The third-order valence-electron chi connectivity index (χ3n) is 1.61. The second kappa shape index (κ2) is 4.48. The zero-order valence-electron chi connectivity index (χ0n) is 7.02. The van der Waals surface area contributed by atoms with Crippen LogP contribution in [0.3, 0.4) is 0 Å². The summed E-state index contributed by atoms with van der Waals surface area (Å²) in [5, 5.41) is -0.686. The van der Waals surface area contributed by atoms with Gasteiger partial charge in [-0.25, -0.2) is 8.78 Å². The maximum Gasteiger partial charge on any atom is 0.281 e. The first-order valence-corrected chi connectivity index (χ1v) is 5.04. The summed E-state index contributed by atoms with van der Waals surface area (Å²) < 4.78 is 25.0. The molecule has 0 spiro atoms. The number of pyridine rings is 1. The molecule has 0 saturated heterocycles. The predicted octanol–water partition coefficient (Wildman–Crippen LogP) is 3.31. The van der Waals surface area contributed by atoms with E-state index in [0.29, 0.717) is 0 Å². The summed E-state index contributed by atoms with van der Waals surface area (Å²) in [6.45, 7) is 1.47. The Balaban J connectivity index is 3.31. The maximum absolute atomic E-state index is 12.4. The highest BCUT2D eigenvalue weighted by atomic mass is 127. The summed E-state index contributed by atoms with van der Waals surface area (Å²) in [7, 11) is 0. The Morgan fingerprint density at radius 3 is 2.64 bits per heavy atom. The second-order valence-electron chi connectivity index (χ2n) is 2.56. The molecule has 1 aromatic heterocycles. The van der Waals surface area contributed by atoms with E-state index in [2.05, 4.69) is 4.98 Å². The van der Waals surface area contributed by atoms with E-state index in [9.17, 15) is 13.6 Å². The molecule has 0 amide bonds. The third kappa shape index (κ3) is 2.38. The van der Waals surface area contributed by atoms with Crippen molar-refractivity contribution in [3.05, 3.63) is 26.6 Å². The Morgan fingerprint density at radius 1 is 1.64 bits per heavy atom. The quantitative estimate of drug-likeness (QED) is 0.615. The highest BCUT2D eigenvalue weighted by molar-refractivity contribution is 14.1. The summed E-state index contributed by atoms with van der Waals surface area (Å²) in [6, 6.07) is 1.32. The molecule has 14 heavy (non-hydrogen) atoms. The second-order valence-corrected chi connectivity index (χ2v) is 4.07. The summed E-state index contributed by atoms with van der Waals surface area (Å²) in [6.07, 6.45) is -2.64. The lowest BCUT2D eigenvalue weighted by Gasteiger charge is -2.06. The van der Waals surface area contributed by atoms with Gasteiger partial charge in [0, 0.05) is 9.26 Å². The lowest BCUT2D eigenvalue weighted by Crippen LogP contribution is -2.03. The standard InChI is InChI=1S/C8H5ClF2INO/c1-3-4(7(9)14)2-5(12)6(13-3)8(10)11/h2,8H,1H3. The molecule has 1 aromatic rings. The van der Waals surface area contributed by atoms with Crippen LogP contribution in [0, 0.1) is 10.5 Å². The topological polar surface area (TPSA) is 30.0 Å². The van der Waals surface area contributed by atoms with Crippen LogP contribution < -0.4 is 0 Å². The average molecular weight is 331 g/mol. The van der Waals surface area contributed by atoms with Crippen molar-refractivity contribution in [1.29, 1.82) is 0 Å². The Kier molecular flexibility index (Phi) is 3.77. The molecule has 2 nitrogen and oxygen atoms in total. The van der Waals surface area contributed by atoms with Gasteiger partial charge in [-0.05, 0) is 47.2 Å². The number of hydrogen-bond donors (Lipinski definition) is 0. The van der Waals surface area contributed by atoms with Crippen molar-refractivity contribution in [3.63, 3.8) is 0 Å². The number of aromatic nitrogens is 1. The molecular formula is C8H5ClF2INO. The van der Waals surface area contributed by atoms with Gasteiger partial charge in [0.05, 0.1) is 5.56 Å². The summed E-state index contributed by atoms with van der Waals surface area (Å²) in [5.41, 5.74) is 0.0750. The van der Waals surface area contributed by atoms with E-state index in [1.807, 2.05) is 0 Å². The summed E-state index contributed by atoms with van der Waals surface area (Å²) in [4.78, 5) is 14.5. The van der Waals surface area contributed by atoms with Gasteiger partial charge in [0.1, 0.15) is 5.69 Å². The summed E-state index contributed by atoms with van der Waals surface area (Å²) >= 11 is 6.94. The fraction of sp³-hybridized carbons (Fsp3) is 0.250. The molecule has 0 fully saturated rings. The SMILES string of the molecule is Cc1nc(C(F)F)c(I)cc1C(=O)Cl. The monoisotopic (exact) mass is 331 g/mol. The van der Waals surface area contributed by atoms with Gasteiger partial charge in [-0.2, -0.15) is 0 Å². The van der Waals surface area contributed by atoms with E-state index >= 15 is 0 Å². The Bertz CT molecular complexity index is 384. The van der Waals surface area contributed by atoms with Gasteiger partial charge in [-0.1, -0.05) is 0 Å². The van der Waals surface area contributed by atoms with Crippen molar-refractivity contribution < 1.29 is 13.6 Å². The predicted molar refractivity (Wildman–Crippen MR) is 56.8 cm³/mol. The Hall–Kier alpha value is -0.300. The number of rotatable bonds is 2. The molecule has 1 heterocycles. The van der Waals surface area contributed by atoms with Crippen molar-refractivity contribution in [2.45, 2.75) is 13.3 Å². The van der Waals surface area contributed by atoms with Crippen LogP contribution in [-0.4, -0.2) is 10.2 Å². The number of nitrogens with zero attached hydrogens (tertiary/aromatic N) is 1. The molecule has 0 aromatic carbocycles. The number of carbonyl (C=O) groups excluding carboxylic acids is 1. The van der Waals surface area contributed by atoms with Crippen molar-refractivity contribution in [2.75, 3.05) is 0 Å². The molecule has 0 aliphatic heterocycles. The fourth-order valence-electron chi connectivity index (χ4n) is 0.951. The molecule has 6 heteroatoms. The van der Waals surface area contributed by atoms with Crippen LogP contribution in [0.2, 0.25) is 0 Å². The lowest BCUT2D eigenvalue weighted by molar-refractivity contribution is 0.107. The van der Waals surface area contributed by atoms with Crippen molar-refractivity contribution in [3.8, 4) is 0 Å². The van der Waals surface area contributed by atoms with Gasteiger partial charge in [-0.3, -0.25) is 9.78 Å². The van der Waals surface area contributed by atoms with Gasteiger partial charge < -0.3 is 0 Å². The number of carbonyl (C=O) groups is 1. The van der Waals surface area contributed by atoms with E-state index in [-0.39, 0.29) is 20.5 Å². The molecule has 0 bridgehead atoms. The minimum atomic E-state index is -2.64. The fourth-order valence-corrected chi connectivity index (χ4v) is 1.81. The van der Waals surface area contributed by atoms with Gasteiger partial charge >= 0.3 is 0 Å². The highest BCUT2D eigenvalue weighted by Gasteiger charge is 2.17. The number of alkyl halides is 2. The van der Waals surface area contributed by atoms with Gasteiger partial charge in [0.2, 0.25) is 0 Å². The zero-order valence-corrected chi connectivity index (χ0v) is 9.94. The molecule has 0 aliphatic rings. The van der Waals surface area contributed by atoms with Gasteiger partial charge in [0.15, 0.2) is 0 Å². The van der Waals surface area contributed by atoms with E-state index in [1.54, 1.807) is 22.6 Å². The first-order valence-electron chi connectivity index (χ1n) is 3.58. The molecule has 0 radical (unpaired) electrons. The van der Waals surface area contributed by atoms with E-state index in [4.69, 9.17) is 11.6 Å². The minimum Gasteiger partial charge on any atom is -0.276 e. The van der Waals surface area contributed by atoms with Crippen molar-refractivity contribution >= 4 is 39.4 Å². The normalized spacial score (nSPS) is 10.7. The van der Waals surface area contributed by atoms with Crippen molar-refractivity contribution in [2.24, 2.45) is 0 Å².